The van der Waals surface area contributed by atoms with Crippen LogP contribution in [0.2, 0.25) is 0 Å². The minimum atomic E-state index is 0.0268. The van der Waals surface area contributed by atoms with Gasteiger partial charge in [0.2, 0.25) is 0 Å². The van der Waals surface area contributed by atoms with E-state index in [0.29, 0.717) is 6.54 Å². The Morgan fingerprint density at radius 3 is 2.77 bits per heavy atom. The number of carbonyl (C=O) groups excluding carboxylic acids is 1. The van der Waals surface area contributed by atoms with Crippen LogP contribution in [0.15, 0.2) is 60.8 Å². The summed E-state index contributed by atoms with van der Waals surface area (Å²) in [4.78, 5) is 17.6. The molecule has 2 aromatic carbocycles. The molecule has 4 heteroatoms. The van der Waals surface area contributed by atoms with Crippen molar-refractivity contribution in [3.63, 3.8) is 0 Å². The second-order valence-electron chi connectivity index (χ2n) is 6.62. The molecule has 2 heterocycles. The molecule has 1 aliphatic rings. The summed E-state index contributed by atoms with van der Waals surface area (Å²) in [6.45, 7) is 3.55. The molecule has 3 aromatic rings. The smallest absolute Gasteiger partial charge is 0.260 e. The van der Waals surface area contributed by atoms with E-state index in [2.05, 4.69) is 42.4 Å². The fourth-order valence-electron chi connectivity index (χ4n) is 3.46. The molecular weight excluding hydrogens is 324 g/mol. The number of ether oxygens (including phenoxy) is 1. The van der Waals surface area contributed by atoms with Crippen LogP contribution in [0.1, 0.15) is 17.5 Å². The average molecular weight is 346 g/mol. The number of aromatic amines is 1. The predicted octanol–water partition coefficient (Wildman–Crippen LogP) is 4.17. The largest absolute Gasteiger partial charge is 0.484 e. The quantitative estimate of drug-likeness (QED) is 0.770. The number of hydrogen-bond donors (Lipinski definition) is 1. The molecule has 0 bridgehead atoms. The second kappa shape index (κ2) is 7.08. The van der Waals surface area contributed by atoms with Crippen molar-refractivity contribution in [2.75, 3.05) is 19.7 Å². The van der Waals surface area contributed by atoms with Crippen molar-refractivity contribution >= 4 is 22.4 Å². The van der Waals surface area contributed by atoms with Crippen molar-refractivity contribution in [2.45, 2.75) is 13.3 Å². The number of nitrogens with one attached hydrogen (secondary N) is 1. The van der Waals surface area contributed by atoms with Crippen molar-refractivity contribution in [1.82, 2.24) is 9.88 Å². The van der Waals surface area contributed by atoms with E-state index in [0.717, 1.165) is 18.7 Å². The van der Waals surface area contributed by atoms with Gasteiger partial charge >= 0.3 is 0 Å². The number of para-hydroxylation sites is 2. The molecule has 1 aliphatic heterocycles. The lowest BCUT2D eigenvalue weighted by Gasteiger charge is -2.26. The average Bonchev–Trinajstić information content (AvgIpc) is 3.12. The van der Waals surface area contributed by atoms with Crippen molar-refractivity contribution in [3.05, 3.63) is 71.9 Å². The highest BCUT2D eigenvalue weighted by atomic mass is 16.5. The standard InChI is InChI=1S/C22H22N2O2/c1-16-6-5-9-19-20(14-23-22(16)19)17-10-12-24(13-11-17)21(25)15-26-18-7-3-2-4-8-18/h2-10,14,23H,11-13,15H2,1H3. The number of aryl methyl sites for hydroxylation is 1. The zero-order valence-corrected chi connectivity index (χ0v) is 14.9. The topological polar surface area (TPSA) is 45.3 Å². The Labute approximate surface area is 153 Å². The Hall–Kier alpha value is -3.01. The number of amides is 1. The Morgan fingerprint density at radius 2 is 2.00 bits per heavy atom. The lowest BCUT2D eigenvalue weighted by Crippen LogP contribution is -2.37. The minimum absolute atomic E-state index is 0.0268. The van der Waals surface area contributed by atoms with E-state index in [1.165, 1.54) is 27.6 Å². The van der Waals surface area contributed by atoms with Crippen LogP contribution in [0, 0.1) is 6.92 Å². The zero-order valence-electron chi connectivity index (χ0n) is 14.9. The summed E-state index contributed by atoms with van der Waals surface area (Å²) in [5.74, 6) is 0.752. The summed E-state index contributed by atoms with van der Waals surface area (Å²) in [6.07, 6.45) is 5.10. The first-order valence-corrected chi connectivity index (χ1v) is 8.94. The van der Waals surface area contributed by atoms with Crippen LogP contribution in [-0.2, 0) is 4.79 Å². The normalized spacial score (nSPS) is 14.3. The lowest BCUT2D eigenvalue weighted by molar-refractivity contribution is -0.132. The Balaban J connectivity index is 1.43. The first-order valence-electron chi connectivity index (χ1n) is 8.94. The second-order valence-corrected chi connectivity index (χ2v) is 6.62. The number of carbonyl (C=O) groups is 1. The maximum atomic E-state index is 12.4. The number of H-pyrrole nitrogens is 1. The fourth-order valence-corrected chi connectivity index (χ4v) is 3.46. The van der Waals surface area contributed by atoms with Crippen LogP contribution >= 0.6 is 0 Å². The maximum absolute atomic E-state index is 12.4. The van der Waals surface area contributed by atoms with Crippen LogP contribution in [0.4, 0.5) is 0 Å². The molecule has 1 aromatic heterocycles. The van der Waals surface area contributed by atoms with Crippen molar-refractivity contribution in [3.8, 4) is 5.75 Å². The van der Waals surface area contributed by atoms with E-state index >= 15 is 0 Å². The molecule has 0 radical (unpaired) electrons. The van der Waals surface area contributed by atoms with Crippen LogP contribution in [0.5, 0.6) is 5.75 Å². The highest BCUT2D eigenvalue weighted by Crippen LogP contribution is 2.30. The number of benzene rings is 2. The molecule has 4 nitrogen and oxygen atoms in total. The number of rotatable bonds is 4. The van der Waals surface area contributed by atoms with Gasteiger partial charge in [-0.05, 0) is 36.6 Å². The summed E-state index contributed by atoms with van der Waals surface area (Å²) < 4.78 is 5.57. The lowest BCUT2D eigenvalue weighted by atomic mass is 9.98. The van der Waals surface area contributed by atoms with E-state index in [-0.39, 0.29) is 12.5 Å². The first-order chi connectivity index (χ1) is 12.7. The monoisotopic (exact) mass is 346 g/mol. The van der Waals surface area contributed by atoms with E-state index in [9.17, 15) is 4.79 Å². The molecule has 132 valence electrons. The van der Waals surface area contributed by atoms with Crippen LogP contribution in [0.3, 0.4) is 0 Å². The highest BCUT2D eigenvalue weighted by Gasteiger charge is 2.20. The van der Waals surface area contributed by atoms with Gasteiger partial charge in [0.25, 0.3) is 5.91 Å². The summed E-state index contributed by atoms with van der Waals surface area (Å²) in [6, 6.07) is 15.8. The predicted molar refractivity (Wildman–Crippen MR) is 104 cm³/mol. The molecule has 26 heavy (non-hydrogen) atoms. The molecular formula is C22H22N2O2. The van der Waals surface area contributed by atoms with Gasteiger partial charge in [0.15, 0.2) is 6.61 Å². The van der Waals surface area contributed by atoms with Crippen LogP contribution in [-0.4, -0.2) is 35.5 Å². The molecule has 0 spiro atoms. The number of fused-ring (bicyclic) bond motifs is 1. The van der Waals surface area contributed by atoms with Crippen molar-refractivity contribution in [1.29, 1.82) is 0 Å². The van der Waals surface area contributed by atoms with E-state index in [4.69, 9.17) is 4.74 Å². The zero-order chi connectivity index (χ0) is 17.9. The number of hydrogen-bond acceptors (Lipinski definition) is 2. The summed E-state index contributed by atoms with van der Waals surface area (Å²) >= 11 is 0. The maximum Gasteiger partial charge on any atom is 0.260 e. The van der Waals surface area contributed by atoms with E-state index in [1.54, 1.807) is 0 Å². The molecule has 0 saturated heterocycles. The molecule has 1 N–H and O–H groups in total. The first kappa shape index (κ1) is 16.5. The molecule has 0 saturated carbocycles. The van der Waals surface area contributed by atoms with Gasteiger partial charge in [-0.2, -0.15) is 0 Å². The van der Waals surface area contributed by atoms with E-state index < -0.39 is 0 Å². The Bertz CT molecular complexity index is 957. The number of aromatic nitrogens is 1. The Kier molecular flexibility index (Phi) is 4.48. The highest BCUT2D eigenvalue weighted by molar-refractivity contribution is 5.94. The van der Waals surface area contributed by atoms with Gasteiger partial charge in [-0.15, -0.1) is 0 Å². The van der Waals surface area contributed by atoms with E-state index in [1.807, 2.05) is 35.2 Å². The van der Waals surface area contributed by atoms with Gasteiger partial charge in [0.05, 0.1) is 0 Å². The van der Waals surface area contributed by atoms with Gasteiger partial charge in [-0.1, -0.05) is 42.5 Å². The number of nitrogens with zero attached hydrogens (tertiary/aromatic N) is 1. The van der Waals surface area contributed by atoms with Crippen LogP contribution in [0.25, 0.3) is 16.5 Å². The van der Waals surface area contributed by atoms with Crippen LogP contribution < -0.4 is 4.74 Å². The Morgan fingerprint density at radius 1 is 1.15 bits per heavy atom. The summed E-state index contributed by atoms with van der Waals surface area (Å²) in [7, 11) is 0. The molecule has 0 unspecified atom stereocenters. The molecule has 0 aliphatic carbocycles. The van der Waals surface area contributed by atoms with Crippen molar-refractivity contribution in [2.24, 2.45) is 0 Å². The van der Waals surface area contributed by atoms with Gasteiger partial charge in [-0.25, -0.2) is 0 Å². The van der Waals surface area contributed by atoms with Crippen molar-refractivity contribution < 1.29 is 9.53 Å². The third-order valence-corrected chi connectivity index (χ3v) is 4.94. The third-order valence-electron chi connectivity index (χ3n) is 4.94. The minimum Gasteiger partial charge on any atom is -0.484 e. The molecule has 4 rings (SSSR count). The fraction of sp³-hybridized carbons (Fsp3) is 0.227. The van der Waals surface area contributed by atoms with Gasteiger partial charge in [0, 0.05) is 35.8 Å². The van der Waals surface area contributed by atoms with Gasteiger partial charge < -0.3 is 14.6 Å². The molecule has 0 atom stereocenters. The van der Waals surface area contributed by atoms with Gasteiger partial charge in [0.1, 0.15) is 5.75 Å². The third kappa shape index (κ3) is 3.23. The summed E-state index contributed by atoms with van der Waals surface area (Å²) in [5, 5.41) is 1.25. The molecule has 1 amide bonds. The van der Waals surface area contributed by atoms with Gasteiger partial charge in [-0.3, -0.25) is 4.79 Å². The SMILES string of the molecule is Cc1cccc2c(C3=CCN(C(=O)COc4ccccc4)CC3)c[nH]c12. The molecule has 0 fully saturated rings. The summed E-state index contributed by atoms with van der Waals surface area (Å²) in [5.41, 5.74) is 4.99.